The van der Waals surface area contributed by atoms with Gasteiger partial charge in [-0.05, 0) is 18.9 Å². The van der Waals surface area contributed by atoms with Gasteiger partial charge in [-0.1, -0.05) is 13.0 Å². The molecule has 4 nitrogen and oxygen atoms in total. The molecular formula is C13H17N3OS. The first-order valence-electron chi connectivity index (χ1n) is 6.00. The van der Waals surface area contributed by atoms with E-state index in [0.717, 1.165) is 23.1 Å². The third-order valence-electron chi connectivity index (χ3n) is 2.54. The smallest absolute Gasteiger partial charge is 0.227 e. The van der Waals surface area contributed by atoms with Crippen molar-refractivity contribution >= 4 is 27.5 Å². The average molecular weight is 263 g/mol. The fourth-order valence-corrected chi connectivity index (χ4v) is 2.54. The van der Waals surface area contributed by atoms with Gasteiger partial charge in [-0.25, -0.2) is 4.98 Å². The zero-order chi connectivity index (χ0) is 13.0. The zero-order valence-corrected chi connectivity index (χ0v) is 11.5. The fourth-order valence-electron chi connectivity index (χ4n) is 1.58. The highest BCUT2D eigenvalue weighted by Gasteiger charge is 2.11. The van der Waals surface area contributed by atoms with E-state index in [-0.39, 0.29) is 0 Å². The van der Waals surface area contributed by atoms with Crippen molar-refractivity contribution < 1.29 is 4.74 Å². The van der Waals surface area contributed by atoms with Gasteiger partial charge in [-0.3, -0.25) is 0 Å². The van der Waals surface area contributed by atoms with Crippen LogP contribution in [-0.4, -0.2) is 23.6 Å². The molecule has 2 heterocycles. The second-order valence-electron chi connectivity index (χ2n) is 3.81. The second kappa shape index (κ2) is 5.82. The van der Waals surface area contributed by atoms with Crippen LogP contribution in [-0.2, 0) is 6.42 Å². The Labute approximate surface area is 111 Å². The van der Waals surface area contributed by atoms with Gasteiger partial charge in [0.15, 0.2) is 0 Å². The molecule has 0 aliphatic carbocycles. The predicted octanol–water partition coefficient (Wildman–Crippen LogP) is 3.25. The molecule has 5 heteroatoms. The first-order valence-corrected chi connectivity index (χ1v) is 6.82. The Morgan fingerprint density at radius 3 is 3.00 bits per heavy atom. The Hall–Kier alpha value is -1.62. The number of aryl methyl sites for hydroxylation is 1. The lowest BCUT2D eigenvalue weighted by atomic mass is 10.3. The van der Waals surface area contributed by atoms with E-state index in [1.54, 1.807) is 11.3 Å². The number of ether oxygens (including phenoxy) is 1. The summed E-state index contributed by atoms with van der Waals surface area (Å²) in [5.41, 5.74) is 0. The summed E-state index contributed by atoms with van der Waals surface area (Å²) in [5, 5.41) is 3.96. The number of nitrogens with one attached hydrogen (secondary N) is 1. The van der Waals surface area contributed by atoms with Crippen LogP contribution in [0.2, 0.25) is 0 Å². The quantitative estimate of drug-likeness (QED) is 0.642. The summed E-state index contributed by atoms with van der Waals surface area (Å²) in [7, 11) is 1.81. The first kappa shape index (κ1) is 12.8. The normalized spacial score (nSPS) is 10.6. The Morgan fingerprint density at radius 1 is 1.50 bits per heavy atom. The molecule has 1 N–H and O–H groups in total. The highest BCUT2D eigenvalue weighted by Crippen LogP contribution is 2.31. The van der Waals surface area contributed by atoms with Gasteiger partial charge < -0.3 is 10.1 Å². The molecule has 0 spiro atoms. The van der Waals surface area contributed by atoms with Crippen LogP contribution >= 0.6 is 11.3 Å². The highest BCUT2D eigenvalue weighted by atomic mass is 32.1. The molecule has 0 saturated carbocycles. The van der Waals surface area contributed by atoms with Gasteiger partial charge in [0.2, 0.25) is 11.8 Å². The highest BCUT2D eigenvalue weighted by molar-refractivity contribution is 7.18. The van der Waals surface area contributed by atoms with Crippen LogP contribution in [0.3, 0.4) is 0 Å². The Balaban J connectivity index is 2.40. The van der Waals surface area contributed by atoms with Crippen LogP contribution in [0.4, 0.5) is 5.95 Å². The molecule has 0 atom stereocenters. The van der Waals surface area contributed by atoms with E-state index in [1.165, 1.54) is 4.88 Å². The number of thiophene rings is 1. The molecule has 0 aliphatic heterocycles. The molecule has 2 aromatic rings. The van der Waals surface area contributed by atoms with Crippen molar-refractivity contribution in [3.63, 3.8) is 0 Å². The largest absolute Gasteiger partial charge is 0.477 e. The molecule has 2 rings (SSSR count). The minimum Gasteiger partial charge on any atom is -0.477 e. The summed E-state index contributed by atoms with van der Waals surface area (Å²) >= 11 is 1.69. The Bertz CT molecular complexity index is 550. The Kier molecular flexibility index (Phi) is 4.15. The maximum Gasteiger partial charge on any atom is 0.227 e. The number of nitrogens with zero attached hydrogens (tertiary/aromatic N) is 2. The van der Waals surface area contributed by atoms with E-state index in [4.69, 9.17) is 4.74 Å². The lowest BCUT2D eigenvalue weighted by Gasteiger charge is -2.06. The van der Waals surface area contributed by atoms with Crippen molar-refractivity contribution in [3.8, 4) is 5.88 Å². The third kappa shape index (κ3) is 2.61. The number of anilines is 1. The van der Waals surface area contributed by atoms with Crippen molar-refractivity contribution in [1.29, 1.82) is 0 Å². The van der Waals surface area contributed by atoms with Gasteiger partial charge in [0, 0.05) is 11.9 Å². The number of aromatic nitrogens is 2. The third-order valence-corrected chi connectivity index (χ3v) is 3.71. The van der Waals surface area contributed by atoms with E-state index in [0.29, 0.717) is 18.4 Å². The molecule has 0 aromatic carbocycles. The van der Waals surface area contributed by atoms with Crippen LogP contribution < -0.4 is 10.1 Å². The molecule has 0 saturated heterocycles. The van der Waals surface area contributed by atoms with Gasteiger partial charge in [0.1, 0.15) is 4.83 Å². The van der Waals surface area contributed by atoms with Gasteiger partial charge in [0.05, 0.1) is 12.0 Å². The van der Waals surface area contributed by atoms with Crippen molar-refractivity contribution in [3.05, 3.63) is 23.6 Å². The SMILES string of the molecule is C=CCCOc1nc(NC)nc2sc(CC)cc12. The summed E-state index contributed by atoms with van der Waals surface area (Å²) in [6, 6.07) is 2.11. The van der Waals surface area contributed by atoms with E-state index in [9.17, 15) is 0 Å². The lowest BCUT2D eigenvalue weighted by molar-refractivity contribution is 0.317. The van der Waals surface area contributed by atoms with Crippen molar-refractivity contribution in [2.75, 3.05) is 19.0 Å². The summed E-state index contributed by atoms with van der Waals surface area (Å²) in [5.74, 6) is 1.25. The molecule has 2 aromatic heterocycles. The molecule has 0 bridgehead atoms. The number of hydrogen-bond acceptors (Lipinski definition) is 5. The van der Waals surface area contributed by atoms with E-state index in [1.807, 2.05) is 13.1 Å². The average Bonchev–Trinajstić information content (AvgIpc) is 2.81. The molecule has 0 fully saturated rings. The molecule has 0 aliphatic rings. The molecule has 96 valence electrons. The molecule has 0 amide bonds. The van der Waals surface area contributed by atoms with Crippen molar-refractivity contribution in [2.24, 2.45) is 0 Å². The van der Waals surface area contributed by atoms with Gasteiger partial charge in [0.25, 0.3) is 0 Å². The van der Waals surface area contributed by atoms with E-state index < -0.39 is 0 Å². The van der Waals surface area contributed by atoms with Crippen LogP contribution in [0.15, 0.2) is 18.7 Å². The zero-order valence-electron chi connectivity index (χ0n) is 10.7. The summed E-state index contributed by atoms with van der Waals surface area (Å²) in [4.78, 5) is 11.1. The maximum absolute atomic E-state index is 5.70. The number of rotatable bonds is 6. The predicted molar refractivity (Wildman–Crippen MR) is 76.6 cm³/mol. The van der Waals surface area contributed by atoms with Crippen molar-refractivity contribution in [1.82, 2.24) is 9.97 Å². The van der Waals surface area contributed by atoms with Gasteiger partial charge in [-0.2, -0.15) is 4.98 Å². The summed E-state index contributed by atoms with van der Waals surface area (Å²) in [6.45, 7) is 6.41. The lowest BCUT2D eigenvalue weighted by Crippen LogP contribution is -2.02. The molecule has 0 radical (unpaired) electrons. The topological polar surface area (TPSA) is 47.0 Å². The number of hydrogen-bond donors (Lipinski definition) is 1. The monoisotopic (exact) mass is 263 g/mol. The molecule has 18 heavy (non-hydrogen) atoms. The standard InChI is InChI=1S/C13H17N3OS/c1-4-6-7-17-11-10-8-9(5-2)18-12(10)16-13(14-3)15-11/h4,8H,1,5-7H2,2-3H3,(H,14,15,16). The minimum atomic E-state index is 0.593. The fraction of sp³-hybridized carbons (Fsp3) is 0.385. The van der Waals surface area contributed by atoms with Crippen LogP contribution in [0, 0.1) is 0 Å². The summed E-state index contributed by atoms with van der Waals surface area (Å²) < 4.78 is 5.70. The van der Waals surface area contributed by atoms with Gasteiger partial charge in [-0.15, -0.1) is 17.9 Å². The van der Waals surface area contributed by atoms with E-state index >= 15 is 0 Å². The second-order valence-corrected chi connectivity index (χ2v) is 4.93. The van der Waals surface area contributed by atoms with Crippen LogP contribution in [0.5, 0.6) is 5.88 Å². The number of fused-ring (bicyclic) bond motifs is 1. The maximum atomic E-state index is 5.70. The molecular weight excluding hydrogens is 246 g/mol. The molecule has 0 unspecified atom stereocenters. The van der Waals surface area contributed by atoms with Gasteiger partial charge >= 0.3 is 0 Å². The summed E-state index contributed by atoms with van der Waals surface area (Å²) in [6.07, 6.45) is 3.65. The first-order chi connectivity index (χ1) is 8.78. The van der Waals surface area contributed by atoms with Crippen LogP contribution in [0.1, 0.15) is 18.2 Å². The Morgan fingerprint density at radius 2 is 2.33 bits per heavy atom. The minimum absolute atomic E-state index is 0.593. The van der Waals surface area contributed by atoms with Crippen LogP contribution in [0.25, 0.3) is 10.2 Å². The van der Waals surface area contributed by atoms with Crippen molar-refractivity contribution in [2.45, 2.75) is 19.8 Å². The van der Waals surface area contributed by atoms with E-state index in [2.05, 4.69) is 34.9 Å².